The second-order valence-corrected chi connectivity index (χ2v) is 8.55. The van der Waals surface area contributed by atoms with Gasteiger partial charge in [0.05, 0.1) is 6.61 Å². The van der Waals surface area contributed by atoms with Crippen molar-refractivity contribution in [3.63, 3.8) is 0 Å². The first kappa shape index (κ1) is 27.7. The minimum absolute atomic E-state index is 0.278. The first-order valence-corrected chi connectivity index (χ1v) is 10.9. The maximum absolute atomic E-state index is 13.6. The van der Waals surface area contributed by atoms with Crippen molar-refractivity contribution in [2.45, 2.75) is 41.0 Å². The number of benzene rings is 2. The summed E-state index contributed by atoms with van der Waals surface area (Å²) in [5.74, 6) is 0.0641. The average Bonchev–Trinajstić information content (AvgIpc) is 2.81. The van der Waals surface area contributed by atoms with Gasteiger partial charge in [0.25, 0.3) is 0 Å². The normalized spacial score (nSPS) is 25.4. The summed E-state index contributed by atoms with van der Waals surface area (Å²) in [6.07, 6.45) is -8.27. The van der Waals surface area contributed by atoms with E-state index in [9.17, 15) is 41.7 Å². The molecule has 0 aliphatic carbocycles. The van der Waals surface area contributed by atoms with E-state index in [0.29, 0.717) is 17.0 Å². The Morgan fingerprint density at radius 3 is 2.22 bits per heavy atom. The lowest BCUT2D eigenvalue weighted by atomic mass is 9.98. The minimum Gasteiger partial charge on any atom is -0.406 e. The molecule has 196 valence electrons. The van der Waals surface area contributed by atoms with Gasteiger partial charge in [-0.05, 0) is 36.4 Å². The lowest BCUT2D eigenvalue weighted by Gasteiger charge is -2.40. The van der Waals surface area contributed by atoms with Crippen molar-refractivity contribution in [1.29, 1.82) is 0 Å². The van der Waals surface area contributed by atoms with Gasteiger partial charge in [-0.1, -0.05) is 11.8 Å². The van der Waals surface area contributed by atoms with E-state index in [1.165, 1.54) is 12.1 Å². The van der Waals surface area contributed by atoms with Crippen LogP contribution in [0.4, 0.5) is 26.3 Å². The minimum atomic E-state index is -4.87. The molecule has 2 aromatic carbocycles. The number of nitrogens with zero attached hydrogens (tertiary/aromatic N) is 2. The molecule has 0 radical (unpaired) electrons. The van der Waals surface area contributed by atoms with Gasteiger partial charge >= 0.3 is 6.36 Å². The number of aliphatic hydroxyl groups excluding tert-OH is 3. The zero-order valence-corrected chi connectivity index (χ0v) is 18.8. The van der Waals surface area contributed by atoms with Gasteiger partial charge in [0, 0.05) is 16.7 Å². The van der Waals surface area contributed by atoms with Gasteiger partial charge in [0.15, 0.2) is 17.5 Å². The number of thioether (sulfide) groups is 1. The number of hydrazone groups is 1. The van der Waals surface area contributed by atoms with Crippen LogP contribution in [-0.4, -0.2) is 70.0 Å². The predicted molar refractivity (Wildman–Crippen MR) is 116 cm³/mol. The Morgan fingerprint density at radius 1 is 1.08 bits per heavy atom. The molecule has 5 atom stereocenters. The quantitative estimate of drug-likeness (QED) is 0.140. The second-order valence-electron chi connectivity index (χ2n) is 7.38. The van der Waals surface area contributed by atoms with E-state index in [0.717, 1.165) is 30.1 Å². The maximum Gasteiger partial charge on any atom is 0.573 e. The Kier molecular flexibility index (Phi) is 8.84. The number of aliphatic hydroxyl groups is 3. The molecule has 1 fully saturated rings. The van der Waals surface area contributed by atoms with E-state index >= 15 is 0 Å². The van der Waals surface area contributed by atoms with Crippen LogP contribution in [0.25, 0.3) is 0 Å². The number of rotatable bonds is 7. The second kappa shape index (κ2) is 11.5. The SMILES string of the molecule is NN=C(C=NC1C(O)[C@@H](Sc2ccc(OC(F)(F)F)cc2)OC(CO)[C@@H]1O)c1cc(F)c(F)c(F)c1. The molecule has 0 saturated carbocycles. The molecule has 8 nitrogen and oxygen atoms in total. The highest BCUT2D eigenvalue weighted by molar-refractivity contribution is 7.99. The third-order valence-electron chi connectivity index (χ3n) is 4.95. The summed E-state index contributed by atoms with van der Waals surface area (Å²) >= 11 is 0.865. The first-order valence-electron chi connectivity index (χ1n) is 10.0. The lowest BCUT2D eigenvalue weighted by Crippen LogP contribution is -2.56. The molecule has 1 saturated heterocycles. The fourth-order valence-corrected chi connectivity index (χ4v) is 4.30. The van der Waals surface area contributed by atoms with Crippen LogP contribution in [0.15, 0.2) is 51.4 Å². The van der Waals surface area contributed by atoms with E-state index < -0.39 is 66.0 Å². The van der Waals surface area contributed by atoms with Crippen molar-refractivity contribution in [2.75, 3.05) is 6.61 Å². The van der Waals surface area contributed by atoms with Crippen LogP contribution in [-0.2, 0) is 4.74 Å². The fraction of sp³-hybridized carbons (Fsp3) is 0.333. The number of hydrogen-bond donors (Lipinski definition) is 4. The van der Waals surface area contributed by atoms with Gasteiger partial charge in [-0.2, -0.15) is 5.10 Å². The van der Waals surface area contributed by atoms with Crippen molar-refractivity contribution in [1.82, 2.24) is 0 Å². The van der Waals surface area contributed by atoms with Crippen molar-refractivity contribution in [3.05, 3.63) is 59.4 Å². The van der Waals surface area contributed by atoms with E-state index in [4.69, 9.17) is 10.6 Å². The molecule has 0 aromatic heterocycles. The van der Waals surface area contributed by atoms with Gasteiger partial charge < -0.3 is 30.6 Å². The number of alkyl halides is 3. The highest BCUT2D eigenvalue weighted by Crippen LogP contribution is 2.35. The molecule has 3 unspecified atom stereocenters. The van der Waals surface area contributed by atoms with E-state index in [1.54, 1.807) is 0 Å². The third kappa shape index (κ3) is 6.67. The summed E-state index contributed by atoms with van der Waals surface area (Å²) < 4.78 is 86.7. The number of hydrogen-bond acceptors (Lipinski definition) is 9. The molecule has 2 aromatic rings. The average molecular weight is 539 g/mol. The summed E-state index contributed by atoms with van der Waals surface area (Å²) in [6.45, 7) is -0.679. The highest BCUT2D eigenvalue weighted by Gasteiger charge is 2.44. The van der Waals surface area contributed by atoms with Crippen LogP contribution in [0.5, 0.6) is 5.75 Å². The summed E-state index contributed by atoms with van der Waals surface area (Å²) in [6, 6.07) is 4.52. The molecule has 5 N–H and O–H groups in total. The number of nitrogens with two attached hydrogens (primary N) is 1. The predicted octanol–water partition coefficient (Wildman–Crippen LogP) is 2.34. The molecule has 36 heavy (non-hydrogen) atoms. The van der Waals surface area contributed by atoms with Crippen LogP contribution in [0.1, 0.15) is 5.56 Å². The van der Waals surface area contributed by atoms with Gasteiger partial charge in [-0.25, -0.2) is 13.2 Å². The van der Waals surface area contributed by atoms with Gasteiger partial charge in [-0.3, -0.25) is 4.99 Å². The first-order chi connectivity index (χ1) is 16.9. The van der Waals surface area contributed by atoms with Crippen LogP contribution in [0.2, 0.25) is 0 Å². The Bertz CT molecular complexity index is 1100. The van der Waals surface area contributed by atoms with E-state index in [2.05, 4.69) is 14.8 Å². The third-order valence-corrected chi connectivity index (χ3v) is 6.11. The van der Waals surface area contributed by atoms with Crippen molar-refractivity contribution in [3.8, 4) is 5.75 Å². The summed E-state index contributed by atoms with van der Waals surface area (Å²) in [7, 11) is 0. The zero-order valence-electron chi connectivity index (χ0n) is 17.9. The van der Waals surface area contributed by atoms with Crippen LogP contribution in [0.3, 0.4) is 0 Å². The molecule has 1 heterocycles. The molecule has 3 rings (SSSR count). The number of ether oxygens (including phenoxy) is 2. The molecule has 15 heteroatoms. The molecule has 0 amide bonds. The van der Waals surface area contributed by atoms with E-state index in [-0.39, 0.29) is 11.3 Å². The number of halogens is 6. The topological polar surface area (TPSA) is 130 Å². The zero-order chi connectivity index (χ0) is 26.6. The van der Waals surface area contributed by atoms with Crippen molar-refractivity contribution in [2.24, 2.45) is 15.9 Å². The van der Waals surface area contributed by atoms with Crippen LogP contribution in [0, 0.1) is 17.5 Å². The Balaban J connectivity index is 1.80. The summed E-state index contributed by atoms with van der Waals surface area (Å²) in [4.78, 5) is 4.35. The molecule has 1 aliphatic rings. The Labute approximate surface area is 204 Å². The van der Waals surface area contributed by atoms with Crippen molar-refractivity contribution < 1.29 is 51.1 Å². The highest BCUT2D eigenvalue weighted by atomic mass is 32.2. The number of aliphatic imine (C=N–C) groups is 1. The monoisotopic (exact) mass is 539 g/mol. The standard InChI is InChI=1S/C21H19F6N3O5S/c22-12-5-9(6-13(23)16(12)24)14(30-28)7-29-17-18(32)15(8-31)34-20(19(17)33)36-11-3-1-10(2-4-11)35-21(25,26)27/h1-7,15,17-20,31-33H,8,28H2/t15?,17?,18-,19?,20+/m0/s1. The molecular weight excluding hydrogens is 520 g/mol. The largest absolute Gasteiger partial charge is 0.573 e. The Hall–Kier alpha value is -2.85. The maximum atomic E-state index is 13.6. The van der Waals surface area contributed by atoms with Crippen molar-refractivity contribution >= 4 is 23.7 Å². The molecule has 1 aliphatic heterocycles. The van der Waals surface area contributed by atoms with Crippen LogP contribution < -0.4 is 10.6 Å². The van der Waals surface area contributed by atoms with Gasteiger partial charge in [0.1, 0.15) is 41.3 Å². The van der Waals surface area contributed by atoms with E-state index in [1.807, 2.05) is 0 Å². The fourth-order valence-electron chi connectivity index (χ4n) is 3.24. The lowest BCUT2D eigenvalue weighted by molar-refractivity contribution is -0.274. The Morgan fingerprint density at radius 2 is 1.69 bits per heavy atom. The summed E-state index contributed by atoms with van der Waals surface area (Å²) in [5.41, 5.74) is -1.75. The summed E-state index contributed by atoms with van der Waals surface area (Å²) in [5, 5.41) is 34.1. The van der Waals surface area contributed by atoms with Crippen LogP contribution >= 0.6 is 11.8 Å². The smallest absolute Gasteiger partial charge is 0.406 e. The van der Waals surface area contributed by atoms with Gasteiger partial charge in [0.2, 0.25) is 0 Å². The molecular formula is C21H19F6N3O5S. The molecule has 0 bridgehead atoms. The molecule has 0 spiro atoms. The van der Waals surface area contributed by atoms with Gasteiger partial charge in [-0.15, -0.1) is 13.2 Å².